The smallest absolute Gasteiger partial charge is 0.199 e. The van der Waals surface area contributed by atoms with E-state index in [1.807, 2.05) is 75.9 Å². The highest BCUT2D eigenvalue weighted by molar-refractivity contribution is 5.98. The van der Waals surface area contributed by atoms with Crippen molar-refractivity contribution in [3.05, 3.63) is 139 Å². The number of fused-ring (bicyclic) bond motifs is 4. The van der Waals surface area contributed by atoms with Crippen LogP contribution in [0, 0.1) is 0 Å². The van der Waals surface area contributed by atoms with Gasteiger partial charge in [-0.1, -0.05) is 66.7 Å². The Bertz CT molecular complexity index is 2640. The highest BCUT2D eigenvalue weighted by atomic mass is 15.3. The quantitative estimate of drug-likeness (QED) is 0.184. The van der Waals surface area contributed by atoms with E-state index in [2.05, 4.69) is 84.9 Å². The molecule has 10 rings (SSSR count). The molecule has 7 aromatic heterocycles. The van der Waals surface area contributed by atoms with Crippen LogP contribution in [0.25, 0.3) is 67.6 Å². The molecule has 0 radical (unpaired) electrons. The summed E-state index contributed by atoms with van der Waals surface area (Å²) in [6.07, 6.45) is 9.80. The third kappa shape index (κ3) is 5.48. The Labute approximate surface area is 298 Å². The van der Waals surface area contributed by atoms with Crippen LogP contribution in [-0.2, 0) is 6.54 Å². The summed E-state index contributed by atoms with van der Waals surface area (Å²) in [5.41, 5.74) is 9.47. The van der Waals surface area contributed by atoms with E-state index in [0.717, 1.165) is 94.3 Å². The molecule has 1 fully saturated rings. The number of hydrogen-bond donors (Lipinski definition) is 1. The fraction of sp³-hybridized carbons (Fsp3) is 0.146. The fourth-order valence-corrected chi connectivity index (χ4v) is 7.33. The number of rotatable bonds is 7. The number of nitrogens with zero attached hydrogens (tertiary/aromatic N) is 10. The minimum absolute atomic E-state index is 0.371. The van der Waals surface area contributed by atoms with Crippen molar-refractivity contribution in [1.82, 2.24) is 54.0 Å². The van der Waals surface area contributed by atoms with Crippen LogP contribution in [0.2, 0.25) is 0 Å². The number of likely N-dealkylation sites (tertiary alicyclic amines) is 1. The number of nitrogens with one attached hydrogen (secondary N) is 1. The molecule has 9 aromatic rings. The zero-order valence-corrected chi connectivity index (χ0v) is 28.2. The lowest BCUT2D eigenvalue weighted by Gasteiger charge is -2.31. The maximum absolute atomic E-state index is 5.26. The van der Waals surface area contributed by atoms with Gasteiger partial charge in [0, 0.05) is 53.8 Å². The molecule has 0 aliphatic carbocycles. The lowest BCUT2D eigenvalue weighted by molar-refractivity contribution is 0.202. The third-order valence-corrected chi connectivity index (χ3v) is 10.1. The highest BCUT2D eigenvalue weighted by Crippen LogP contribution is 2.35. The van der Waals surface area contributed by atoms with Crippen molar-refractivity contribution in [3.8, 4) is 45.4 Å². The summed E-state index contributed by atoms with van der Waals surface area (Å²) in [5.74, 6) is 2.68. The summed E-state index contributed by atoms with van der Waals surface area (Å²) >= 11 is 0. The Balaban J connectivity index is 0.911. The number of imidazole rings is 1. The number of pyridine rings is 4. The molecule has 52 heavy (non-hydrogen) atoms. The normalized spacial score (nSPS) is 14.2. The maximum Gasteiger partial charge on any atom is 0.199 e. The van der Waals surface area contributed by atoms with Gasteiger partial charge in [-0.05, 0) is 73.5 Å². The lowest BCUT2D eigenvalue weighted by Crippen LogP contribution is -2.32. The van der Waals surface area contributed by atoms with E-state index in [1.54, 1.807) is 6.20 Å². The molecule has 0 unspecified atom stereocenters. The second-order valence-corrected chi connectivity index (χ2v) is 13.3. The van der Waals surface area contributed by atoms with Crippen molar-refractivity contribution >= 4 is 22.2 Å². The Morgan fingerprint density at radius 3 is 2.40 bits per heavy atom. The summed E-state index contributed by atoms with van der Waals surface area (Å²) in [6.45, 7) is 2.91. The largest absolute Gasteiger partial charge is 0.306 e. The molecular weight excluding hydrogens is 647 g/mol. The lowest BCUT2D eigenvalue weighted by atomic mass is 9.95. The Hall–Kier alpha value is -6.59. The molecule has 1 N–H and O–H groups in total. The van der Waals surface area contributed by atoms with Gasteiger partial charge in [-0.2, -0.15) is 5.10 Å². The molecule has 0 bridgehead atoms. The van der Waals surface area contributed by atoms with Crippen LogP contribution in [0.4, 0.5) is 0 Å². The number of piperidine rings is 1. The number of H-pyrrole nitrogens is 1. The predicted molar refractivity (Wildman–Crippen MR) is 200 cm³/mol. The van der Waals surface area contributed by atoms with Crippen LogP contribution in [-0.4, -0.2) is 67.1 Å². The number of aromatic amines is 1. The van der Waals surface area contributed by atoms with Crippen molar-refractivity contribution < 1.29 is 0 Å². The van der Waals surface area contributed by atoms with Crippen LogP contribution in [0.15, 0.2) is 128 Å². The van der Waals surface area contributed by atoms with E-state index >= 15 is 0 Å². The first-order valence-corrected chi connectivity index (χ1v) is 17.6. The molecule has 11 nitrogen and oxygen atoms in total. The zero-order chi connectivity index (χ0) is 34.4. The van der Waals surface area contributed by atoms with Crippen molar-refractivity contribution in [2.45, 2.75) is 25.3 Å². The fourth-order valence-electron chi connectivity index (χ4n) is 7.33. The Kier molecular flexibility index (Phi) is 7.35. The van der Waals surface area contributed by atoms with Gasteiger partial charge in [0.1, 0.15) is 22.9 Å². The second-order valence-electron chi connectivity index (χ2n) is 13.3. The molecule has 11 heteroatoms. The van der Waals surface area contributed by atoms with E-state index in [4.69, 9.17) is 15.0 Å². The minimum Gasteiger partial charge on any atom is -0.306 e. The Morgan fingerprint density at radius 1 is 0.731 bits per heavy atom. The Morgan fingerprint density at radius 2 is 1.58 bits per heavy atom. The zero-order valence-electron chi connectivity index (χ0n) is 28.2. The molecule has 1 aliphatic rings. The van der Waals surface area contributed by atoms with Gasteiger partial charge in [0.2, 0.25) is 0 Å². The van der Waals surface area contributed by atoms with Gasteiger partial charge in [-0.25, -0.2) is 15.0 Å². The maximum atomic E-state index is 5.26. The van der Waals surface area contributed by atoms with Crippen molar-refractivity contribution in [3.63, 3.8) is 0 Å². The molecule has 0 saturated carbocycles. The molecule has 2 aromatic carbocycles. The average Bonchev–Trinajstić information content (AvgIpc) is 3.98. The summed E-state index contributed by atoms with van der Waals surface area (Å²) in [4.78, 5) is 21.7. The van der Waals surface area contributed by atoms with Gasteiger partial charge in [-0.15, -0.1) is 10.2 Å². The van der Waals surface area contributed by atoms with E-state index in [9.17, 15) is 0 Å². The van der Waals surface area contributed by atoms with Gasteiger partial charge in [0.05, 0.1) is 11.2 Å². The predicted octanol–water partition coefficient (Wildman–Crippen LogP) is 7.49. The first kappa shape index (κ1) is 30.3. The summed E-state index contributed by atoms with van der Waals surface area (Å²) in [7, 11) is 0. The average molecular weight is 680 g/mol. The van der Waals surface area contributed by atoms with Gasteiger partial charge in [0.15, 0.2) is 17.3 Å². The van der Waals surface area contributed by atoms with Crippen LogP contribution in [0.3, 0.4) is 0 Å². The molecule has 252 valence electrons. The number of benzene rings is 2. The van der Waals surface area contributed by atoms with E-state index in [0.29, 0.717) is 17.6 Å². The van der Waals surface area contributed by atoms with Crippen LogP contribution < -0.4 is 0 Å². The topological polar surface area (TPSA) is 118 Å². The standard InChI is InChI=1S/C41H33N11/c1-2-8-28(9-3-1)31-24-32-33(18-23-52-40(32)48-49-41(52)35-26-51-20-7-5-11-36(51)43-35)44-37(31)29-14-12-27(13-15-29)25-50-21-16-30(17-22-50)38-45-39(47-46-38)34-10-4-6-19-42-34/h1-15,18-20,23-24,26,30H,16-17,21-22,25H2,(H,45,46,47). The van der Waals surface area contributed by atoms with Gasteiger partial charge < -0.3 is 4.40 Å². The molecule has 8 heterocycles. The van der Waals surface area contributed by atoms with E-state index in [-0.39, 0.29) is 0 Å². The van der Waals surface area contributed by atoms with Crippen LogP contribution in [0.1, 0.15) is 30.1 Å². The monoisotopic (exact) mass is 679 g/mol. The van der Waals surface area contributed by atoms with Crippen LogP contribution >= 0.6 is 0 Å². The SMILES string of the molecule is c1ccc(-c2cc3c(ccn4c(-c5cn6ccccc6n5)nnc34)nc2-c2ccc(CN3CCC(c4nc(-c5ccccn5)n[nH]4)CC3)cc2)cc1. The molecule has 0 amide bonds. The first-order chi connectivity index (χ1) is 25.7. The summed E-state index contributed by atoms with van der Waals surface area (Å²) in [5, 5.41) is 17.8. The van der Waals surface area contributed by atoms with Crippen molar-refractivity contribution in [2.24, 2.45) is 0 Å². The first-order valence-electron chi connectivity index (χ1n) is 17.6. The summed E-state index contributed by atoms with van der Waals surface area (Å²) < 4.78 is 3.99. The molecule has 1 aliphatic heterocycles. The number of aromatic nitrogens is 10. The van der Waals surface area contributed by atoms with Gasteiger partial charge in [0.25, 0.3) is 0 Å². The number of hydrogen-bond acceptors (Lipinski definition) is 8. The minimum atomic E-state index is 0.371. The van der Waals surface area contributed by atoms with Crippen molar-refractivity contribution in [1.29, 1.82) is 0 Å². The van der Waals surface area contributed by atoms with Gasteiger partial charge >= 0.3 is 0 Å². The summed E-state index contributed by atoms with van der Waals surface area (Å²) in [6, 6.07) is 35.3. The highest BCUT2D eigenvalue weighted by Gasteiger charge is 2.24. The van der Waals surface area contributed by atoms with Crippen molar-refractivity contribution in [2.75, 3.05) is 13.1 Å². The second kappa shape index (κ2) is 12.6. The molecule has 0 atom stereocenters. The molecule has 1 saturated heterocycles. The third-order valence-electron chi connectivity index (χ3n) is 10.1. The van der Waals surface area contributed by atoms with Crippen LogP contribution in [0.5, 0.6) is 0 Å². The van der Waals surface area contributed by atoms with E-state index in [1.165, 1.54) is 5.56 Å². The van der Waals surface area contributed by atoms with Gasteiger partial charge in [-0.3, -0.25) is 19.4 Å². The molecule has 0 spiro atoms. The van der Waals surface area contributed by atoms with E-state index < -0.39 is 0 Å². The molecular formula is C41H33N11.